The van der Waals surface area contributed by atoms with Gasteiger partial charge < -0.3 is 0 Å². The number of hydrogen-bond acceptors (Lipinski definition) is 1. The van der Waals surface area contributed by atoms with E-state index in [1.807, 2.05) is 0 Å². The maximum absolute atomic E-state index is 8.26. The molecule has 19 valence electrons. The van der Waals surface area contributed by atoms with E-state index in [4.69, 9.17) is 3.40 Å². The molecule has 0 saturated carbocycles. The second-order valence-electron chi connectivity index (χ2n) is 0. The van der Waals surface area contributed by atoms with Gasteiger partial charge in [0.2, 0.25) is 0 Å². The first kappa shape index (κ1) is 16.0. The van der Waals surface area contributed by atoms with Gasteiger partial charge in [-0.1, -0.05) is 0 Å². The Balaban J connectivity index is -0.00000000500. The average molecular weight is 458 g/mol. The minimum atomic E-state index is 0. The van der Waals surface area contributed by atoms with Crippen LogP contribution in [0.1, 0.15) is 0 Å². The van der Waals surface area contributed by atoms with Crippen LogP contribution in [0.25, 0.3) is 0 Å². The summed E-state index contributed by atoms with van der Waals surface area (Å²) >= 11 is 0.700. The molecule has 0 rings (SSSR count). The molecule has 1 nitrogen and oxygen atoms in total. The van der Waals surface area contributed by atoms with Gasteiger partial charge in [0.25, 0.3) is 0 Å². The summed E-state index contributed by atoms with van der Waals surface area (Å²) in [7, 11) is 0. The Labute approximate surface area is 84.3 Å². The Bertz CT molecular complexity index is 8.00. The topological polar surface area (TPSA) is 17.1 Å². The van der Waals surface area contributed by atoms with Crippen LogP contribution in [0.4, 0.5) is 0 Å². The van der Waals surface area contributed by atoms with Crippen molar-refractivity contribution < 1.29 is 58.8 Å². The standard InChI is InChI=1S/La.Mo.O.Pb. The molecular formula is LaMoOPb. The van der Waals surface area contributed by atoms with Crippen molar-refractivity contribution in [3.63, 3.8) is 0 Å². The van der Waals surface area contributed by atoms with Crippen molar-refractivity contribution in [3.05, 3.63) is 0 Å². The van der Waals surface area contributed by atoms with E-state index in [2.05, 4.69) is 0 Å². The van der Waals surface area contributed by atoms with Crippen LogP contribution in [0.15, 0.2) is 0 Å². The van der Waals surface area contributed by atoms with E-state index in [1.165, 1.54) is 0 Å². The predicted octanol–water partition coefficient (Wildman–Crippen LogP) is -0.502. The van der Waals surface area contributed by atoms with Crippen LogP contribution >= 0.6 is 0 Å². The van der Waals surface area contributed by atoms with Crippen LogP contribution < -0.4 is 0 Å². The van der Waals surface area contributed by atoms with E-state index in [1.54, 1.807) is 0 Å². The van der Waals surface area contributed by atoms with Crippen molar-refractivity contribution >= 4 is 27.3 Å². The normalized spacial score (nSPS) is 1.00. The summed E-state index contributed by atoms with van der Waals surface area (Å²) < 4.78 is 8.26. The third-order valence-electron chi connectivity index (χ3n) is 0. The van der Waals surface area contributed by atoms with Crippen LogP contribution in [-0.4, -0.2) is 27.3 Å². The van der Waals surface area contributed by atoms with E-state index in [0.29, 0.717) is 19.8 Å². The predicted molar refractivity (Wildman–Crippen MR) is 6.44 cm³/mol. The molecule has 0 atom stereocenters. The Morgan fingerprint density at radius 2 is 1.25 bits per heavy atom. The minimum absolute atomic E-state index is 0. The number of rotatable bonds is 0. The second-order valence-corrected chi connectivity index (χ2v) is 0. The fourth-order valence-corrected chi connectivity index (χ4v) is 0. The minimum Gasteiger partial charge on any atom is 0 e. The molecule has 0 unspecified atom stereocenters. The fourth-order valence-electron chi connectivity index (χ4n) is 0. The molecule has 0 fully saturated rings. The molecule has 0 aliphatic heterocycles. The molecule has 0 spiro atoms. The molecule has 4 heteroatoms. The summed E-state index contributed by atoms with van der Waals surface area (Å²) in [6.07, 6.45) is 0. The monoisotopic (exact) mass is 461 g/mol. The van der Waals surface area contributed by atoms with E-state index < -0.39 is 0 Å². The van der Waals surface area contributed by atoms with Gasteiger partial charge in [-0.2, -0.15) is 0 Å². The van der Waals surface area contributed by atoms with Gasteiger partial charge >= 0.3 is 23.2 Å². The summed E-state index contributed by atoms with van der Waals surface area (Å²) in [6.45, 7) is 0. The van der Waals surface area contributed by atoms with E-state index in [9.17, 15) is 0 Å². The molecule has 4 heavy (non-hydrogen) atoms. The Morgan fingerprint density at radius 1 is 1.25 bits per heavy atom. The zero-order valence-corrected chi connectivity index (χ0v) is 11.4. The third kappa shape index (κ3) is 8.82. The molecule has 0 bridgehead atoms. The molecule has 0 amide bonds. The summed E-state index contributed by atoms with van der Waals surface area (Å²) in [5.74, 6) is 0. The molecule has 0 aliphatic carbocycles. The summed E-state index contributed by atoms with van der Waals surface area (Å²) in [6, 6.07) is 0. The van der Waals surface area contributed by atoms with Gasteiger partial charge in [0.15, 0.2) is 0 Å². The van der Waals surface area contributed by atoms with Crippen LogP contribution in [0.5, 0.6) is 0 Å². The quantitative estimate of drug-likeness (QED) is 0.448. The van der Waals surface area contributed by atoms with E-state index in [0.717, 1.165) is 0 Å². The van der Waals surface area contributed by atoms with Crippen molar-refractivity contribution in [2.75, 3.05) is 0 Å². The molecule has 0 aliphatic rings. The molecule has 0 aromatic rings. The first-order chi connectivity index (χ1) is 1.00. The van der Waals surface area contributed by atoms with Crippen LogP contribution in [0.2, 0.25) is 0 Å². The van der Waals surface area contributed by atoms with Gasteiger partial charge in [-0.25, -0.2) is 0 Å². The number of hydrogen-bond donors (Lipinski definition) is 0. The van der Waals surface area contributed by atoms with Crippen molar-refractivity contribution in [1.82, 2.24) is 0 Å². The summed E-state index contributed by atoms with van der Waals surface area (Å²) in [5.41, 5.74) is 0. The van der Waals surface area contributed by atoms with Gasteiger partial charge in [0, 0.05) is 62.9 Å². The van der Waals surface area contributed by atoms with E-state index >= 15 is 0 Å². The third-order valence-corrected chi connectivity index (χ3v) is 0. The molecule has 0 N–H and O–H groups in total. The van der Waals surface area contributed by atoms with Crippen molar-refractivity contribution in [2.45, 2.75) is 0 Å². The van der Waals surface area contributed by atoms with Gasteiger partial charge in [0.05, 0.1) is 0 Å². The zero-order valence-electron chi connectivity index (χ0n) is 1.89. The van der Waals surface area contributed by atoms with Crippen LogP contribution in [0, 0.1) is 35.6 Å². The summed E-state index contributed by atoms with van der Waals surface area (Å²) in [4.78, 5) is 0. The molecule has 0 aromatic heterocycles. The zero-order chi connectivity index (χ0) is 2.00. The first-order valence-electron chi connectivity index (χ1n) is 0.167. The summed E-state index contributed by atoms with van der Waals surface area (Å²) in [5, 5.41) is 0. The molecule has 0 aromatic carbocycles. The fraction of sp³-hybridized carbons (Fsp3) is 0. The van der Waals surface area contributed by atoms with Crippen LogP contribution in [-0.2, 0) is 23.2 Å². The first-order valence-corrected chi connectivity index (χ1v) is 0.986. The van der Waals surface area contributed by atoms with Crippen LogP contribution in [0.3, 0.4) is 0 Å². The van der Waals surface area contributed by atoms with Gasteiger partial charge in [-0.15, -0.1) is 0 Å². The van der Waals surface area contributed by atoms with Crippen molar-refractivity contribution in [3.8, 4) is 0 Å². The Morgan fingerprint density at radius 3 is 1.25 bits per heavy atom. The van der Waals surface area contributed by atoms with E-state index in [-0.39, 0.29) is 62.9 Å². The SMILES string of the molecule is [La].[O]=[Mo].[Pb]. The maximum atomic E-state index is 8.26. The second kappa shape index (κ2) is 17.5. The largest absolute Gasteiger partial charge is 0 e. The Kier molecular flexibility index (Phi) is 69.9. The van der Waals surface area contributed by atoms with Crippen molar-refractivity contribution in [1.29, 1.82) is 0 Å². The smallest absolute Gasteiger partial charge is 0 e. The molecule has 0 heterocycles. The Hall–Kier alpha value is 2.61. The molecular weight excluding hydrogens is 458 g/mol. The van der Waals surface area contributed by atoms with Gasteiger partial charge in [-0.3, -0.25) is 0 Å². The molecule has 5 radical (unpaired) electrons. The van der Waals surface area contributed by atoms with Crippen molar-refractivity contribution in [2.24, 2.45) is 0 Å². The average Bonchev–Trinajstić information content (AvgIpc) is 1.00. The maximum Gasteiger partial charge on any atom is 0 e. The van der Waals surface area contributed by atoms with Gasteiger partial charge in [0.1, 0.15) is 0 Å². The molecule has 0 saturated heterocycles. The van der Waals surface area contributed by atoms with Gasteiger partial charge in [-0.05, 0) is 0 Å².